The van der Waals surface area contributed by atoms with Gasteiger partial charge in [0.25, 0.3) is 0 Å². The zero-order chi connectivity index (χ0) is 67.3. The van der Waals surface area contributed by atoms with Crippen LogP contribution in [0.15, 0.2) is 121 Å². The molecule has 20 atom stereocenters. The summed E-state index contributed by atoms with van der Waals surface area (Å²) in [6, 6.07) is 36.1. The van der Waals surface area contributed by atoms with Gasteiger partial charge in [-0.25, -0.2) is 14.6 Å². The molecule has 4 saturated heterocycles. The Morgan fingerprint density at radius 2 is 0.723 bits per heavy atom. The predicted octanol–water partition coefficient (Wildman–Crippen LogP) is 5.35. The third kappa shape index (κ3) is 20.1. The molecule has 27 heteroatoms. The number of rotatable bonds is 31. The topological polar surface area (TPSA) is 296 Å². The average molecular weight is 1320 g/mol. The van der Waals surface area contributed by atoms with Crippen LogP contribution in [0.25, 0.3) is 0 Å². The monoisotopic (exact) mass is 1320 g/mol. The quantitative estimate of drug-likeness (QED) is 0.0201. The summed E-state index contributed by atoms with van der Waals surface area (Å²) >= 11 is 0. The zero-order valence-corrected chi connectivity index (χ0v) is 54.1. The van der Waals surface area contributed by atoms with Crippen molar-refractivity contribution in [2.75, 3.05) is 48.3 Å². The fourth-order valence-corrected chi connectivity index (χ4v) is 11.4. The molecule has 4 heterocycles. The highest BCUT2D eigenvalue weighted by Gasteiger charge is 2.60. The minimum atomic E-state index is -1.89. The minimum Gasteiger partial charge on any atom is -0.463 e. The molecule has 514 valence electrons. The van der Waals surface area contributed by atoms with E-state index >= 15 is 4.79 Å². The second-order valence-corrected chi connectivity index (χ2v) is 22.5. The maximum atomic E-state index is 15.1. The molecule has 94 heavy (non-hydrogen) atoms. The van der Waals surface area contributed by atoms with Gasteiger partial charge in [0, 0.05) is 69.0 Å². The van der Waals surface area contributed by atoms with Gasteiger partial charge in [-0.15, -0.1) is 0 Å². The Morgan fingerprint density at radius 1 is 0.340 bits per heavy atom. The van der Waals surface area contributed by atoms with Crippen LogP contribution in [0.1, 0.15) is 63.8 Å². The summed E-state index contributed by atoms with van der Waals surface area (Å²) in [6.45, 7) is 6.03. The third-order valence-corrected chi connectivity index (χ3v) is 15.8. The van der Waals surface area contributed by atoms with E-state index in [2.05, 4.69) is 0 Å². The molecule has 4 aromatic carbocycles. The molecule has 0 amide bonds. The smallest absolute Gasteiger partial charge is 0.338 e. The van der Waals surface area contributed by atoms with Gasteiger partial charge in [-0.1, -0.05) is 128 Å². The maximum absolute atomic E-state index is 15.1. The summed E-state index contributed by atoms with van der Waals surface area (Å²) in [5.74, 6) is -5.33. The molecule has 0 N–H and O–H groups in total. The number of hydrogen-bond donors (Lipinski definition) is 0. The minimum absolute atomic E-state index is 0.0992. The third-order valence-electron chi connectivity index (χ3n) is 15.8. The molecule has 9 unspecified atom stereocenters. The first-order valence-corrected chi connectivity index (χ1v) is 30.7. The van der Waals surface area contributed by atoms with Crippen LogP contribution < -0.4 is 0 Å². The summed E-state index contributed by atoms with van der Waals surface area (Å²) in [4.78, 5) is 91.4. The average Bonchev–Trinajstić information content (AvgIpc) is 0.813. The fourth-order valence-electron chi connectivity index (χ4n) is 11.4. The van der Waals surface area contributed by atoms with Gasteiger partial charge in [0.2, 0.25) is 6.29 Å². The van der Waals surface area contributed by atoms with E-state index in [1.54, 1.807) is 84.9 Å². The van der Waals surface area contributed by atoms with E-state index in [4.69, 9.17) is 99.8 Å². The lowest BCUT2D eigenvalue weighted by molar-refractivity contribution is -0.393. The number of carbonyl (C=O) groups excluding carboxylic acids is 6. The van der Waals surface area contributed by atoms with Gasteiger partial charge in [-0.2, -0.15) is 0 Å². The van der Waals surface area contributed by atoms with Crippen LogP contribution in [0.3, 0.4) is 0 Å². The standard InChI is InChI=1S/C67H84O27/c1-38-48(37-84-83-34-47-29-21-14-22-30-47)88-64(59(76-9)51(38)74-7)91-52-50(36-79-40(3)69)90-67(62(56(52)86-42(5)71)81-32-45-25-17-12-18-26-45)93-57-54(75-8)60(77-10)65(94-58(57)63(73)82-33-46-27-19-13-20-28-46)92-53-49(35-78-39(2)68)89-66(87-43(6)72)61(55(53)85-41(4)70)80-31-44-23-15-11-16-24-44/h11-30,38,48-62,64-67H,31-37H2,1-10H3/t38-,48+,49?,50?,51?,52-,53-,54?,55?,56+,57-,58?,59?,60+,61?,62?,64-,65-,66+,67+/m1/s1. The van der Waals surface area contributed by atoms with Gasteiger partial charge in [-0.3, -0.25) is 24.0 Å². The Kier molecular flexibility index (Phi) is 28.1. The Bertz CT molecular complexity index is 2980. The van der Waals surface area contributed by atoms with E-state index in [1.807, 2.05) is 43.3 Å². The molecule has 0 radical (unpaired) electrons. The van der Waals surface area contributed by atoms with Crippen LogP contribution in [-0.2, 0) is 155 Å². The van der Waals surface area contributed by atoms with Gasteiger partial charge in [0.05, 0.1) is 25.4 Å². The summed E-state index contributed by atoms with van der Waals surface area (Å²) in [6.07, 6.45) is -27.1. The highest BCUT2D eigenvalue weighted by atomic mass is 17.2. The SMILES string of the molecule is COC1C(OC)[C@H](C)[C@H](COOCc2ccccc2)O[C@@H]1O[C@@H]1C(COC(C)=O)O[C@@H](O[C@H]2C(C(=O)OCc3ccccc3)O[C@@H](O[C@@H]3C(COC(C)=O)O[C@H](OC(C)=O)C(OCc4ccccc4)C3OC(C)=O)[C@@H](OC)C2OC)C(OCc2ccccc2)[C@H]1OC(C)=O. The van der Waals surface area contributed by atoms with Crippen molar-refractivity contribution >= 4 is 35.8 Å². The number of methoxy groups -OCH3 is 4. The molecule has 0 spiro atoms. The summed E-state index contributed by atoms with van der Waals surface area (Å²) in [7, 11) is 5.54. The van der Waals surface area contributed by atoms with Crippen LogP contribution in [0.4, 0.5) is 0 Å². The zero-order valence-electron chi connectivity index (χ0n) is 54.1. The first-order valence-electron chi connectivity index (χ1n) is 30.7. The van der Waals surface area contributed by atoms with Gasteiger partial charge in [0.15, 0.2) is 43.3 Å². The number of hydrogen-bond acceptors (Lipinski definition) is 27. The summed E-state index contributed by atoms with van der Waals surface area (Å²) < 4.78 is 120. The largest absolute Gasteiger partial charge is 0.463 e. The normalized spacial score (nSPS) is 30.9. The summed E-state index contributed by atoms with van der Waals surface area (Å²) in [5, 5.41) is 0. The van der Waals surface area contributed by atoms with Crippen molar-refractivity contribution in [1.82, 2.24) is 0 Å². The van der Waals surface area contributed by atoms with E-state index in [1.165, 1.54) is 42.3 Å². The molecule has 4 aliphatic heterocycles. The molecule has 0 saturated carbocycles. The lowest BCUT2D eigenvalue weighted by Gasteiger charge is -2.51. The van der Waals surface area contributed by atoms with Crippen molar-refractivity contribution in [2.24, 2.45) is 5.92 Å². The van der Waals surface area contributed by atoms with Gasteiger partial charge < -0.3 is 90.0 Å². The Morgan fingerprint density at radius 3 is 1.17 bits per heavy atom. The molecule has 0 bridgehead atoms. The number of benzene rings is 4. The van der Waals surface area contributed by atoms with Crippen molar-refractivity contribution < 1.29 is 129 Å². The van der Waals surface area contributed by atoms with Crippen molar-refractivity contribution in [3.63, 3.8) is 0 Å². The second-order valence-electron chi connectivity index (χ2n) is 22.5. The maximum Gasteiger partial charge on any atom is 0.338 e. The lowest BCUT2D eigenvalue weighted by atomic mass is 9.90. The summed E-state index contributed by atoms with van der Waals surface area (Å²) in [5.41, 5.74) is 2.78. The molecule has 4 aliphatic rings. The molecular weight excluding hydrogens is 1240 g/mol. The number of ether oxygens (including phenoxy) is 19. The van der Waals surface area contributed by atoms with E-state index < -0.39 is 166 Å². The molecule has 8 rings (SSSR count). The van der Waals surface area contributed by atoms with Crippen molar-refractivity contribution in [3.8, 4) is 0 Å². The molecule has 4 fully saturated rings. The van der Waals surface area contributed by atoms with E-state index in [9.17, 15) is 24.0 Å². The Balaban J connectivity index is 1.18. The first-order chi connectivity index (χ1) is 45.4. The van der Waals surface area contributed by atoms with Crippen LogP contribution in [0.2, 0.25) is 0 Å². The van der Waals surface area contributed by atoms with Crippen LogP contribution in [0, 0.1) is 5.92 Å². The van der Waals surface area contributed by atoms with Crippen LogP contribution in [0.5, 0.6) is 0 Å². The highest BCUT2D eigenvalue weighted by Crippen LogP contribution is 2.40. The van der Waals surface area contributed by atoms with Gasteiger partial charge >= 0.3 is 35.8 Å². The molecule has 4 aromatic rings. The predicted molar refractivity (Wildman–Crippen MR) is 321 cm³/mol. The van der Waals surface area contributed by atoms with E-state index in [-0.39, 0.29) is 39.0 Å². The van der Waals surface area contributed by atoms with Gasteiger partial charge in [0.1, 0.15) is 88.0 Å². The van der Waals surface area contributed by atoms with Crippen molar-refractivity contribution in [1.29, 1.82) is 0 Å². The second kappa shape index (κ2) is 36.3. The number of esters is 6. The van der Waals surface area contributed by atoms with Crippen molar-refractivity contribution in [2.45, 2.75) is 185 Å². The first kappa shape index (κ1) is 72.9. The molecule has 0 aliphatic carbocycles. The Hall–Kier alpha value is -6.90. The fraction of sp³-hybridized carbons (Fsp3) is 0.552. The van der Waals surface area contributed by atoms with Crippen molar-refractivity contribution in [3.05, 3.63) is 144 Å². The van der Waals surface area contributed by atoms with Gasteiger partial charge in [-0.05, 0) is 22.3 Å². The Labute approximate surface area is 545 Å². The van der Waals surface area contributed by atoms with E-state index in [0.29, 0.717) is 16.7 Å². The van der Waals surface area contributed by atoms with Crippen LogP contribution >= 0.6 is 0 Å². The number of carbonyl (C=O) groups is 6. The molecular formula is C67H84O27. The molecule has 0 aromatic heterocycles. The molecule has 27 nitrogen and oxygen atoms in total. The lowest BCUT2D eigenvalue weighted by Crippen LogP contribution is -2.69. The van der Waals surface area contributed by atoms with Crippen LogP contribution in [-0.4, -0.2) is 201 Å². The van der Waals surface area contributed by atoms with E-state index in [0.717, 1.165) is 26.3 Å². The highest BCUT2D eigenvalue weighted by molar-refractivity contribution is 5.76.